The van der Waals surface area contributed by atoms with Gasteiger partial charge in [-0.15, -0.1) is 0 Å². The van der Waals surface area contributed by atoms with Crippen molar-refractivity contribution in [2.24, 2.45) is 0 Å². The largest absolute Gasteiger partial charge is 0.317 e. The molecule has 0 bridgehead atoms. The minimum atomic E-state index is 1.08. The molecule has 0 spiro atoms. The molecule has 0 radical (unpaired) electrons. The maximum absolute atomic E-state index is 3.32. The number of benzene rings is 1. The lowest BCUT2D eigenvalue weighted by Crippen LogP contribution is -2.14. The molecular formula is C14H26N2. The van der Waals surface area contributed by atoms with Gasteiger partial charge in [0, 0.05) is 0 Å². The maximum atomic E-state index is 3.32. The topological polar surface area (TPSA) is 15.3 Å². The van der Waals surface area contributed by atoms with Crippen molar-refractivity contribution >= 4 is 0 Å². The first kappa shape index (κ1) is 15.1. The standard InChI is InChI=1S/C11H17N.C3H9N/c1-2-12-10-6-9-11-7-4-3-5-8-11;1-4(2)3/h3-5,7-8,12H,2,6,9-10H2,1H3;1-3H3. The Balaban J connectivity index is 0.000000487. The fourth-order valence-corrected chi connectivity index (χ4v) is 1.24. The highest BCUT2D eigenvalue weighted by Gasteiger charge is 1.89. The zero-order chi connectivity index (χ0) is 12.2. The second-order valence-electron chi connectivity index (χ2n) is 4.28. The van der Waals surface area contributed by atoms with Crippen LogP contribution in [0, 0.1) is 0 Å². The third-order valence-corrected chi connectivity index (χ3v) is 1.91. The van der Waals surface area contributed by atoms with Crippen molar-refractivity contribution in [3.05, 3.63) is 35.9 Å². The number of rotatable bonds is 5. The third-order valence-electron chi connectivity index (χ3n) is 1.91. The van der Waals surface area contributed by atoms with Crippen molar-refractivity contribution in [1.82, 2.24) is 10.2 Å². The van der Waals surface area contributed by atoms with Gasteiger partial charge in [-0.3, -0.25) is 0 Å². The number of hydrogen-bond donors (Lipinski definition) is 1. The molecule has 92 valence electrons. The number of hydrogen-bond acceptors (Lipinski definition) is 2. The monoisotopic (exact) mass is 222 g/mol. The van der Waals surface area contributed by atoms with Gasteiger partial charge in [-0.25, -0.2) is 0 Å². The van der Waals surface area contributed by atoms with Crippen molar-refractivity contribution in [3.63, 3.8) is 0 Å². The van der Waals surface area contributed by atoms with E-state index in [0.717, 1.165) is 13.1 Å². The minimum absolute atomic E-state index is 1.08. The van der Waals surface area contributed by atoms with Crippen LogP contribution in [0.4, 0.5) is 0 Å². The summed E-state index contributed by atoms with van der Waals surface area (Å²) in [6, 6.07) is 10.6. The van der Waals surface area contributed by atoms with Crippen molar-refractivity contribution in [2.45, 2.75) is 19.8 Å². The molecule has 0 saturated heterocycles. The summed E-state index contributed by atoms with van der Waals surface area (Å²) in [6.07, 6.45) is 2.42. The Morgan fingerprint density at radius 3 is 2.12 bits per heavy atom. The highest BCUT2D eigenvalue weighted by atomic mass is 15.0. The van der Waals surface area contributed by atoms with Gasteiger partial charge in [-0.1, -0.05) is 37.3 Å². The SMILES string of the molecule is CCNCCCc1ccccc1.CN(C)C. The van der Waals surface area contributed by atoms with E-state index < -0.39 is 0 Å². The van der Waals surface area contributed by atoms with Crippen LogP contribution >= 0.6 is 0 Å². The number of nitrogens with one attached hydrogen (secondary N) is 1. The van der Waals surface area contributed by atoms with Crippen LogP contribution in [-0.4, -0.2) is 39.1 Å². The molecule has 16 heavy (non-hydrogen) atoms. The molecule has 0 amide bonds. The highest BCUT2D eigenvalue weighted by molar-refractivity contribution is 5.14. The quantitative estimate of drug-likeness (QED) is 0.770. The van der Waals surface area contributed by atoms with Crippen LogP contribution < -0.4 is 5.32 Å². The molecule has 2 heteroatoms. The van der Waals surface area contributed by atoms with E-state index in [0.29, 0.717) is 0 Å². The Morgan fingerprint density at radius 1 is 1.06 bits per heavy atom. The first-order valence-electron chi connectivity index (χ1n) is 6.02. The first-order chi connectivity index (χ1) is 7.66. The van der Waals surface area contributed by atoms with Crippen molar-refractivity contribution in [2.75, 3.05) is 34.2 Å². The van der Waals surface area contributed by atoms with E-state index >= 15 is 0 Å². The Labute approximate surface area is 101 Å². The van der Waals surface area contributed by atoms with E-state index in [1.165, 1.54) is 18.4 Å². The van der Waals surface area contributed by atoms with E-state index in [1.807, 2.05) is 26.0 Å². The molecule has 0 heterocycles. The van der Waals surface area contributed by atoms with Crippen molar-refractivity contribution < 1.29 is 0 Å². The fourth-order valence-electron chi connectivity index (χ4n) is 1.24. The Kier molecular flexibility index (Phi) is 10.1. The summed E-state index contributed by atoms with van der Waals surface area (Å²) in [6.45, 7) is 4.35. The smallest absolute Gasteiger partial charge is 0.00459 e. The second kappa shape index (κ2) is 10.7. The lowest BCUT2D eigenvalue weighted by molar-refractivity contribution is 0.505. The maximum Gasteiger partial charge on any atom is -0.00459 e. The predicted octanol–water partition coefficient (Wildman–Crippen LogP) is 2.41. The molecule has 0 unspecified atom stereocenters. The van der Waals surface area contributed by atoms with Crippen molar-refractivity contribution in [1.29, 1.82) is 0 Å². The van der Waals surface area contributed by atoms with Crippen LogP contribution in [0.15, 0.2) is 30.3 Å². The molecule has 1 aromatic carbocycles. The van der Waals surface area contributed by atoms with Gasteiger partial charge in [-0.2, -0.15) is 0 Å². The molecule has 2 nitrogen and oxygen atoms in total. The van der Waals surface area contributed by atoms with Crippen molar-refractivity contribution in [3.8, 4) is 0 Å². The lowest BCUT2D eigenvalue weighted by Gasteiger charge is -2.01. The molecule has 1 aromatic rings. The van der Waals surface area contributed by atoms with E-state index in [2.05, 4.69) is 42.6 Å². The summed E-state index contributed by atoms with van der Waals surface area (Å²) in [7, 11) is 6.00. The van der Waals surface area contributed by atoms with Gasteiger partial charge in [0.25, 0.3) is 0 Å². The Hall–Kier alpha value is -0.860. The normalized spacial score (nSPS) is 9.81. The molecule has 0 aliphatic carbocycles. The zero-order valence-corrected chi connectivity index (χ0v) is 11.2. The highest BCUT2D eigenvalue weighted by Crippen LogP contribution is 2.00. The molecule has 0 aliphatic heterocycles. The van der Waals surface area contributed by atoms with Gasteiger partial charge in [0.2, 0.25) is 0 Å². The second-order valence-corrected chi connectivity index (χ2v) is 4.28. The number of aryl methyl sites for hydroxylation is 1. The molecule has 0 saturated carbocycles. The van der Waals surface area contributed by atoms with Crippen LogP contribution in [0.5, 0.6) is 0 Å². The lowest BCUT2D eigenvalue weighted by atomic mass is 10.1. The van der Waals surface area contributed by atoms with Crippen LogP contribution in [-0.2, 0) is 6.42 Å². The molecule has 0 atom stereocenters. The number of nitrogens with zero attached hydrogens (tertiary/aromatic N) is 1. The summed E-state index contributed by atoms with van der Waals surface area (Å²) >= 11 is 0. The molecule has 0 fully saturated rings. The van der Waals surface area contributed by atoms with Gasteiger partial charge in [0.05, 0.1) is 0 Å². The average Bonchev–Trinajstić information content (AvgIpc) is 2.25. The van der Waals surface area contributed by atoms with E-state index in [9.17, 15) is 0 Å². The summed E-state index contributed by atoms with van der Waals surface area (Å²) < 4.78 is 0. The summed E-state index contributed by atoms with van der Waals surface area (Å²) in [5.74, 6) is 0. The van der Waals surface area contributed by atoms with Gasteiger partial charge in [0.15, 0.2) is 0 Å². The molecule has 1 rings (SSSR count). The minimum Gasteiger partial charge on any atom is -0.317 e. The predicted molar refractivity (Wildman–Crippen MR) is 72.9 cm³/mol. The zero-order valence-electron chi connectivity index (χ0n) is 11.2. The van der Waals surface area contributed by atoms with Crippen LogP contribution in [0.25, 0.3) is 0 Å². The van der Waals surface area contributed by atoms with Gasteiger partial charge >= 0.3 is 0 Å². The van der Waals surface area contributed by atoms with E-state index in [1.54, 1.807) is 0 Å². The van der Waals surface area contributed by atoms with Gasteiger partial charge in [-0.05, 0) is 52.6 Å². The summed E-state index contributed by atoms with van der Waals surface area (Å²) in [4.78, 5) is 2.00. The summed E-state index contributed by atoms with van der Waals surface area (Å²) in [5, 5.41) is 3.32. The van der Waals surface area contributed by atoms with E-state index in [-0.39, 0.29) is 0 Å². The van der Waals surface area contributed by atoms with Gasteiger partial charge in [0.1, 0.15) is 0 Å². The van der Waals surface area contributed by atoms with Crippen LogP contribution in [0.1, 0.15) is 18.9 Å². The van der Waals surface area contributed by atoms with Crippen LogP contribution in [0.3, 0.4) is 0 Å². The Morgan fingerprint density at radius 2 is 1.62 bits per heavy atom. The molecule has 0 aliphatic rings. The molecule has 0 aromatic heterocycles. The van der Waals surface area contributed by atoms with E-state index in [4.69, 9.17) is 0 Å². The summed E-state index contributed by atoms with van der Waals surface area (Å²) in [5.41, 5.74) is 1.44. The fraction of sp³-hybridized carbons (Fsp3) is 0.571. The molecular weight excluding hydrogens is 196 g/mol. The molecule has 1 N–H and O–H groups in total. The Bertz CT molecular complexity index is 229. The first-order valence-corrected chi connectivity index (χ1v) is 6.02. The van der Waals surface area contributed by atoms with Gasteiger partial charge < -0.3 is 10.2 Å². The average molecular weight is 222 g/mol. The third kappa shape index (κ3) is 11.2. The van der Waals surface area contributed by atoms with Crippen LogP contribution in [0.2, 0.25) is 0 Å².